The molecular weight excluding hydrogens is 332 g/mol. The molecule has 2 atom stereocenters. The van der Waals surface area contributed by atoms with E-state index in [9.17, 15) is 9.59 Å². The van der Waals surface area contributed by atoms with Gasteiger partial charge < -0.3 is 10.1 Å². The Labute approximate surface area is 157 Å². The topological polar surface area (TPSA) is 67.9 Å². The zero-order valence-corrected chi connectivity index (χ0v) is 16.5. The summed E-state index contributed by atoms with van der Waals surface area (Å²) in [4.78, 5) is 29.4. The summed E-state index contributed by atoms with van der Waals surface area (Å²) in [7, 11) is 0. The Balaban J connectivity index is 1.52. The van der Waals surface area contributed by atoms with Gasteiger partial charge in [0.2, 0.25) is 0 Å². The quantitative estimate of drug-likeness (QED) is 0.439. The van der Waals surface area contributed by atoms with Gasteiger partial charge in [0.15, 0.2) is 0 Å². The lowest BCUT2D eigenvalue weighted by Gasteiger charge is -2.43. The molecule has 1 saturated heterocycles. The summed E-state index contributed by atoms with van der Waals surface area (Å²) in [5.41, 5.74) is 0. The SMILES string of the molecule is CCCCCON1C(=O)[C@@H](NC(=O)OCCCCC2CCCCC2)[C@@H]1C. The van der Waals surface area contributed by atoms with Crippen molar-refractivity contribution in [3.8, 4) is 0 Å². The van der Waals surface area contributed by atoms with Gasteiger partial charge in [0.1, 0.15) is 6.04 Å². The van der Waals surface area contributed by atoms with Crippen LogP contribution in [0.25, 0.3) is 0 Å². The minimum Gasteiger partial charge on any atom is -0.450 e. The molecule has 2 amide bonds. The number of β-lactam (4-membered cyclic amide) rings is 1. The molecule has 0 aromatic rings. The van der Waals surface area contributed by atoms with E-state index in [2.05, 4.69) is 12.2 Å². The molecule has 1 heterocycles. The molecule has 6 heteroatoms. The van der Waals surface area contributed by atoms with Gasteiger partial charge in [0.25, 0.3) is 5.91 Å². The Kier molecular flexibility index (Phi) is 9.23. The molecule has 1 aliphatic carbocycles. The first kappa shape index (κ1) is 21.0. The molecule has 0 aromatic carbocycles. The number of ether oxygens (including phenoxy) is 1. The number of unbranched alkanes of at least 4 members (excludes halogenated alkanes) is 3. The highest BCUT2D eigenvalue weighted by Crippen LogP contribution is 2.27. The number of rotatable bonds is 11. The molecule has 1 saturated carbocycles. The highest BCUT2D eigenvalue weighted by molar-refractivity contribution is 5.91. The van der Waals surface area contributed by atoms with Crippen molar-refractivity contribution in [1.29, 1.82) is 0 Å². The molecule has 1 N–H and O–H groups in total. The van der Waals surface area contributed by atoms with Gasteiger partial charge in [-0.2, -0.15) is 0 Å². The molecular formula is C20H36N2O4. The Morgan fingerprint density at radius 1 is 1.12 bits per heavy atom. The van der Waals surface area contributed by atoms with E-state index in [0.29, 0.717) is 13.2 Å². The first-order valence-electron chi connectivity index (χ1n) is 10.5. The standard InChI is InChI=1S/C20H36N2O4/c1-3-4-9-15-26-22-16(2)18(19(22)23)21-20(24)25-14-10-8-13-17-11-6-5-7-12-17/h16-18H,3-15H2,1-2H3,(H,21,24)/t16-,18-/m0/s1. The van der Waals surface area contributed by atoms with Gasteiger partial charge in [-0.15, -0.1) is 0 Å². The highest BCUT2D eigenvalue weighted by atomic mass is 16.7. The van der Waals surface area contributed by atoms with E-state index < -0.39 is 12.1 Å². The summed E-state index contributed by atoms with van der Waals surface area (Å²) >= 11 is 0. The van der Waals surface area contributed by atoms with E-state index >= 15 is 0 Å². The van der Waals surface area contributed by atoms with Crippen LogP contribution in [0.5, 0.6) is 0 Å². The maximum atomic E-state index is 12.1. The van der Waals surface area contributed by atoms with E-state index in [1.54, 1.807) is 0 Å². The number of hydrogen-bond donors (Lipinski definition) is 1. The maximum absolute atomic E-state index is 12.1. The minimum atomic E-state index is -0.532. The predicted octanol–water partition coefficient (Wildman–Crippen LogP) is 4.18. The lowest BCUT2D eigenvalue weighted by atomic mass is 9.86. The van der Waals surface area contributed by atoms with Crippen LogP contribution in [-0.4, -0.2) is 42.4 Å². The van der Waals surface area contributed by atoms with Crippen LogP contribution in [0.3, 0.4) is 0 Å². The second kappa shape index (κ2) is 11.4. The zero-order valence-electron chi connectivity index (χ0n) is 16.5. The predicted molar refractivity (Wildman–Crippen MR) is 100 cm³/mol. The van der Waals surface area contributed by atoms with E-state index in [-0.39, 0.29) is 11.9 Å². The molecule has 1 aliphatic heterocycles. The molecule has 0 bridgehead atoms. The van der Waals surface area contributed by atoms with Crippen molar-refractivity contribution in [3.63, 3.8) is 0 Å². The Morgan fingerprint density at radius 3 is 2.54 bits per heavy atom. The normalized spacial score (nSPS) is 23.6. The smallest absolute Gasteiger partial charge is 0.407 e. The molecule has 2 aliphatic rings. The van der Waals surface area contributed by atoms with Crippen LogP contribution in [0.15, 0.2) is 0 Å². The number of amides is 2. The van der Waals surface area contributed by atoms with Crippen LogP contribution in [-0.2, 0) is 14.4 Å². The summed E-state index contributed by atoms with van der Waals surface area (Å²) < 4.78 is 5.22. The molecule has 2 fully saturated rings. The molecule has 0 spiro atoms. The monoisotopic (exact) mass is 368 g/mol. The second-order valence-electron chi connectivity index (χ2n) is 7.70. The van der Waals surface area contributed by atoms with Crippen molar-refractivity contribution in [3.05, 3.63) is 0 Å². The van der Waals surface area contributed by atoms with Gasteiger partial charge in [-0.25, -0.2) is 9.86 Å². The largest absolute Gasteiger partial charge is 0.450 e. The van der Waals surface area contributed by atoms with Crippen LogP contribution in [0, 0.1) is 5.92 Å². The molecule has 0 aromatic heterocycles. The average Bonchev–Trinajstić information content (AvgIpc) is 2.66. The van der Waals surface area contributed by atoms with Crippen molar-refractivity contribution >= 4 is 12.0 Å². The molecule has 6 nitrogen and oxygen atoms in total. The maximum Gasteiger partial charge on any atom is 0.407 e. The summed E-state index contributed by atoms with van der Waals surface area (Å²) in [6, 6.07) is -0.682. The van der Waals surface area contributed by atoms with Crippen LogP contribution in [0.4, 0.5) is 4.79 Å². The molecule has 150 valence electrons. The van der Waals surface area contributed by atoms with Crippen molar-refractivity contribution in [2.24, 2.45) is 5.92 Å². The first-order chi connectivity index (χ1) is 12.6. The summed E-state index contributed by atoms with van der Waals surface area (Å²) in [5.74, 6) is 0.678. The van der Waals surface area contributed by atoms with E-state index in [1.165, 1.54) is 43.6 Å². The summed E-state index contributed by atoms with van der Waals surface area (Å²) in [6.07, 6.45) is 12.7. The molecule has 26 heavy (non-hydrogen) atoms. The lowest BCUT2D eigenvalue weighted by Crippen LogP contribution is -2.69. The fourth-order valence-electron chi connectivity index (χ4n) is 3.82. The second-order valence-corrected chi connectivity index (χ2v) is 7.70. The van der Waals surface area contributed by atoms with E-state index in [0.717, 1.165) is 38.0 Å². The Hall–Kier alpha value is -1.30. The van der Waals surface area contributed by atoms with Crippen LogP contribution in [0.2, 0.25) is 0 Å². The van der Waals surface area contributed by atoms with Crippen molar-refractivity contribution < 1.29 is 19.2 Å². The zero-order chi connectivity index (χ0) is 18.8. The van der Waals surface area contributed by atoms with Crippen LogP contribution in [0.1, 0.15) is 84.5 Å². The number of hydrogen-bond acceptors (Lipinski definition) is 4. The number of nitrogens with zero attached hydrogens (tertiary/aromatic N) is 1. The molecule has 0 unspecified atom stereocenters. The van der Waals surface area contributed by atoms with Crippen molar-refractivity contribution in [2.75, 3.05) is 13.2 Å². The van der Waals surface area contributed by atoms with Gasteiger partial charge in [-0.05, 0) is 32.1 Å². The Morgan fingerprint density at radius 2 is 1.85 bits per heavy atom. The van der Waals surface area contributed by atoms with Gasteiger partial charge in [-0.3, -0.25) is 9.63 Å². The fraction of sp³-hybridized carbons (Fsp3) is 0.900. The minimum absolute atomic E-state index is 0.150. The third-order valence-corrected chi connectivity index (χ3v) is 5.55. The van der Waals surface area contributed by atoms with Gasteiger partial charge in [0.05, 0.1) is 19.3 Å². The van der Waals surface area contributed by atoms with Gasteiger partial charge >= 0.3 is 6.09 Å². The molecule has 0 radical (unpaired) electrons. The third kappa shape index (κ3) is 6.45. The first-order valence-corrected chi connectivity index (χ1v) is 10.5. The van der Waals surface area contributed by atoms with Gasteiger partial charge in [-0.1, -0.05) is 58.3 Å². The average molecular weight is 369 g/mol. The van der Waals surface area contributed by atoms with Crippen LogP contribution >= 0.6 is 0 Å². The summed E-state index contributed by atoms with van der Waals surface area (Å²) in [6.45, 7) is 4.96. The summed E-state index contributed by atoms with van der Waals surface area (Å²) in [5, 5.41) is 4.02. The van der Waals surface area contributed by atoms with E-state index in [1.807, 2.05) is 6.92 Å². The van der Waals surface area contributed by atoms with E-state index in [4.69, 9.17) is 9.57 Å². The van der Waals surface area contributed by atoms with Crippen molar-refractivity contribution in [2.45, 2.75) is 96.6 Å². The highest BCUT2D eigenvalue weighted by Gasteiger charge is 2.47. The number of carbonyl (C=O) groups is 2. The number of hydroxylamine groups is 2. The van der Waals surface area contributed by atoms with Crippen LogP contribution < -0.4 is 5.32 Å². The Bertz CT molecular complexity index is 438. The number of nitrogens with one attached hydrogen (secondary N) is 1. The number of alkyl carbamates (subject to hydrolysis) is 1. The fourth-order valence-corrected chi connectivity index (χ4v) is 3.82. The lowest BCUT2D eigenvalue weighted by molar-refractivity contribution is -0.232. The van der Waals surface area contributed by atoms with Gasteiger partial charge in [0, 0.05) is 0 Å². The van der Waals surface area contributed by atoms with Crippen molar-refractivity contribution in [1.82, 2.24) is 10.4 Å². The third-order valence-electron chi connectivity index (χ3n) is 5.55. The number of carbonyl (C=O) groups excluding carboxylic acids is 2. The molecule has 2 rings (SSSR count).